The van der Waals surface area contributed by atoms with Crippen molar-refractivity contribution in [2.75, 3.05) is 5.32 Å². The van der Waals surface area contributed by atoms with E-state index in [1.807, 2.05) is 19.1 Å². The van der Waals surface area contributed by atoms with Gasteiger partial charge in [0.15, 0.2) is 11.6 Å². The number of hydrogen-bond acceptors (Lipinski definition) is 6. The molecular formula is C30H20N2O6S. The number of carbonyl (C=O) groups excluding carboxylic acids is 2. The van der Waals surface area contributed by atoms with E-state index >= 15 is 0 Å². The maximum atomic E-state index is 13.9. The van der Waals surface area contributed by atoms with Crippen LogP contribution in [0.25, 0.3) is 22.0 Å². The van der Waals surface area contributed by atoms with Crippen LogP contribution in [0.3, 0.4) is 0 Å². The molecule has 192 valence electrons. The van der Waals surface area contributed by atoms with Crippen molar-refractivity contribution in [3.63, 3.8) is 0 Å². The Balaban J connectivity index is 1.79. The van der Waals surface area contributed by atoms with Crippen molar-refractivity contribution < 1.29 is 22.6 Å². The highest BCUT2D eigenvalue weighted by atomic mass is 32.2. The van der Waals surface area contributed by atoms with Crippen molar-refractivity contribution in [2.24, 2.45) is 0 Å². The Morgan fingerprint density at radius 1 is 0.846 bits per heavy atom. The van der Waals surface area contributed by atoms with Crippen LogP contribution in [0.5, 0.6) is 0 Å². The zero-order valence-electron chi connectivity index (χ0n) is 20.5. The standard InChI is InChI=1S/C30H20N2O6S/c1-16-11-13-18(14-12-16)31-21-15-22(39(36,37)38)27-25-23(19-9-5-6-10-20(19)29(34)24(21)25)26(30(35)32-27)28(33)17-7-3-2-4-8-17/h2-15,31H,1H3,(H,32,35)(H,36,37,38). The predicted molar refractivity (Wildman–Crippen MR) is 148 cm³/mol. The lowest BCUT2D eigenvalue weighted by atomic mass is 9.80. The van der Waals surface area contributed by atoms with Gasteiger partial charge in [-0.2, -0.15) is 8.42 Å². The van der Waals surface area contributed by atoms with Gasteiger partial charge in [0.25, 0.3) is 15.7 Å². The highest BCUT2D eigenvalue weighted by Crippen LogP contribution is 2.45. The number of aromatic amines is 1. The average molecular weight is 537 g/mol. The van der Waals surface area contributed by atoms with Crippen molar-refractivity contribution >= 4 is 44.0 Å². The maximum Gasteiger partial charge on any atom is 0.296 e. The molecule has 39 heavy (non-hydrogen) atoms. The molecule has 5 aromatic rings. The van der Waals surface area contributed by atoms with Crippen LogP contribution in [0, 0.1) is 6.92 Å². The highest BCUT2D eigenvalue weighted by molar-refractivity contribution is 7.86. The molecule has 0 radical (unpaired) electrons. The summed E-state index contributed by atoms with van der Waals surface area (Å²) in [5.41, 5.74) is 1.36. The van der Waals surface area contributed by atoms with E-state index in [1.165, 1.54) is 0 Å². The molecule has 1 aliphatic rings. The van der Waals surface area contributed by atoms with Gasteiger partial charge in [-0.05, 0) is 30.7 Å². The van der Waals surface area contributed by atoms with Crippen LogP contribution < -0.4 is 10.9 Å². The van der Waals surface area contributed by atoms with Crippen molar-refractivity contribution in [1.29, 1.82) is 0 Å². The minimum atomic E-state index is -4.87. The summed E-state index contributed by atoms with van der Waals surface area (Å²) >= 11 is 0. The number of nitrogens with one attached hydrogen (secondary N) is 2. The molecule has 0 saturated heterocycles. The summed E-state index contributed by atoms with van der Waals surface area (Å²) in [5, 5.41) is 3.16. The third-order valence-electron chi connectivity index (χ3n) is 6.80. The Labute approximate surface area is 222 Å². The zero-order valence-corrected chi connectivity index (χ0v) is 21.3. The second kappa shape index (κ2) is 8.87. The van der Waals surface area contributed by atoms with Gasteiger partial charge in [-0.15, -0.1) is 0 Å². The van der Waals surface area contributed by atoms with E-state index in [1.54, 1.807) is 66.7 Å². The normalized spacial score (nSPS) is 12.3. The summed E-state index contributed by atoms with van der Waals surface area (Å²) in [4.78, 5) is 43.0. The number of hydrogen-bond donors (Lipinski definition) is 3. The van der Waals surface area contributed by atoms with Gasteiger partial charge in [0.2, 0.25) is 0 Å². The van der Waals surface area contributed by atoms with E-state index in [0.29, 0.717) is 11.3 Å². The van der Waals surface area contributed by atoms with Gasteiger partial charge in [0.1, 0.15) is 4.90 Å². The minimum absolute atomic E-state index is 0.0577. The Morgan fingerprint density at radius 2 is 1.49 bits per heavy atom. The summed E-state index contributed by atoms with van der Waals surface area (Å²) in [5.74, 6) is -1.01. The topological polar surface area (TPSA) is 133 Å². The lowest BCUT2D eigenvalue weighted by Gasteiger charge is -2.25. The molecule has 0 aliphatic heterocycles. The molecule has 1 heterocycles. The highest BCUT2D eigenvalue weighted by Gasteiger charge is 2.35. The second-order valence-electron chi connectivity index (χ2n) is 9.29. The summed E-state index contributed by atoms with van der Waals surface area (Å²) < 4.78 is 35.3. The number of aromatic nitrogens is 1. The number of benzene rings is 4. The SMILES string of the molecule is Cc1ccc(Nc2cc(S(=O)(=O)O)c3[nH]c(=O)c(C(=O)c4ccccc4)c4c3c2C(=O)c2ccccc2-4)cc1. The average Bonchev–Trinajstić information content (AvgIpc) is 2.92. The lowest BCUT2D eigenvalue weighted by Crippen LogP contribution is -2.25. The fraction of sp³-hybridized carbons (Fsp3) is 0.0333. The van der Waals surface area contributed by atoms with Crippen molar-refractivity contribution in [3.05, 3.63) is 123 Å². The smallest absolute Gasteiger partial charge is 0.296 e. The first-order chi connectivity index (χ1) is 18.6. The molecule has 0 bridgehead atoms. The number of pyridine rings is 1. The number of carbonyl (C=O) groups is 2. The molecule has 6 rings (SSSR count). The summed E-state index contributed by atoms with van der Waals surface area (Å²) in [6.45, 7) is 1.91. The monoisotopic (exact) mass is 536 g/mol. The molecule has 0 saturated carbocycles. The Morgan fingerprint density at radius 3 is 2.15 bits per heavy atom. The number of fused-ring (bicyclic) bond motifs is 2. The minimum Gasteiger partial charge on any atom is -0.355 e. The molecule has 0 amide bonds. The van der Waals surface area contributed by atoms with Crippen LogP contribution in [0.15, 0.2) is 94.6 Å². The van der Waals surface area contributed by atoms with Gasteiger partial charge in [0, 0.05) is 27.8 Å². The van der Waals surface area contributed by atoms with E-state index in [9.17, 15) is 27.4 Å². The molecule has 0 unspecified atom stereocenters. The van der Waals surface area contributed by atoms with Crippen LogP contribution in [0.1, 0.15) is 37.4 Å². The van der Waals surface area contributed by atoms with Crippen LogP contribution in [-0.4, -0.2) is 29.5 Å². The van der Waals surface area contributed by atoms with Crippen molar-refractivity contribution in [1.82, 2.24) is 4.98 Å². The van der Waals surface area contributed by atoms with Crippen LogP contribution in [0.4, 0.5) is 11.4 Å². The zero-order chi connectivity index (χ0) is 27.5. The molecule has 0 atom stereocenters. The fourth-order valence-electron chi connectivity index (χ4n) is 5.03. The number of anilines is 2. The third kappa shape index (κ3) is 3.96. The van der Waals surface area contributed by atoms with E-state index in [2.05, 4.69) is 10.3 Å². The Kier molecular flexibility index (Phi) is 5.56. The molecule has 1 aromatic heterocycles. The first kappa shape index (κ1) is 24.5. The molecular weight excluding hydrogens is 516 g/mol. The summed E-state index contributed by atoms with van der Waals surface area (Å²) in [7, 11) is -4.87. The molecule has 0 fully saturated rings. The first-order valence-electron chi connectivity index (χ1n) is 12.0. The molecule has 9 heteroatoms. The van der Waals surface area contributed by atoms with Gasteiger partial charge in [-0.3, -0.25) is 18.9 Å². The van der Waals surface area contributed by atoms with Crippen molar-refractivity contribution in [3.8, 4) is 11.1 Å². The number of rotatable bonds is 5. The third-order valence-corrected chi connectivity index (χ3v) is 7.67. The Hall–Kier alpha value is -4.86. The van der Waals surface area contributed by atoms with Gasteiger partial charge >= 0.3 is 0 Å². The second-order valence-corrected chi connectivity index (χ2v) is 10.7. The molecule has 3 N–H and O–H groups in total. The van der Waals surface area contributed by atoms with Gasteiger partial charge in [-0.25, -0.2) is 0 Å². The van der Waals surface area contributed by atoms with Crippen LogP contribution in [-0.2, 0) is 10.1 Å². The largest absolute Gasteiger partial charge is 0.355 e. The fourth-order valence-corrected chi connectivity index (χ4v) is 5.71. The number of aryl methyl sites for hydroxylation is 1. The summed E-state index contributed by atoms with van der Waals surface area (Å²) in [6.07, 6.45) is 0. The van der Waals surface area contributed by atoms with Crippen LogP contribution in [0.2, 0.25) is 0 Å². The molecule has 4 aromatic carbocycles. The molecule has 1 aliphatic carbocycles. The van der Waals surface area contributed by atoms with Gasteiger partial charge < -0.3 is 10.3 Å². The maximum absolute atomic E-state index is 13.9. The lowest BCUT2D eigenvalue weighted by molar-refractivity contribution is 0.102. The molecule has 0 spiro atoms. The Bertz CT molecular complexity index is 2010. The number of H-pyrrole nitrogens is 1. The van der Waals surface area contributed by atoms with Gasteiger partial charge in [0.05, 0.1) is 22.3 Å². The van der Waals surface area contributed by atoms with E-state index in [4.69, 9.17) is 0 Å². The first-order valence-corrected chi connectivity index (χ1v) is 13.4. The van der Waals surface area contributed by atoms with E-state index in [-0.39, 0.29) is 44.4 Å². The van der Waals surface area contributed by atoms with E-state index < -0.39 is 32.1 Å². The summed E-state index contributed by atoms with van der Waals surface area (Å²) in [6, 6.07) is 23.1. The number of ketones is 2. The van der Waals surface area contributed by atoms with Crippen molar-refractivity contribution in [2.45, 2.75) is 11.8 Å². The quantitative estimate of drug-likeness (QED) is 0.202. The van der Waals surface area contributed by atoms with Crippen LogP contribution >= 0.6 is 0 Å². The van der Waals surface area contributed by atoms with Gasteiger partial charge in [-0.1, -0.05) is 72.3 Å². The van der Waals surface area contributed by atoms with E-state index in [0.717, 1.165) is 11.6 Å². The molecule has 8 nitrogen and oxygen atoms in total. The predicted octanol–water partition coefficient (Wildman–Crippen LogP) is 5.27.